The quantitative estimate of drug-likeness (QED) is 0.860. The fraction of sp³-hybridized carbons (Fsp3) is 0.400. The fourth-order valence-electron chi connectivity index (χ4n) is 1.91. The number of nitrogens with one attached hydrogen (secondary N) is 1. The summed E-state index contributed by atoms with van der Waals surface area (Å²) in [5.74, 6) is 0. The van der Waals surface area contributed by atoms with Gasteiger partial charge in [-0.25, -0.2) is 4.98 Å². The van der Waals surface area contributed by atoms with Gasteiger partial charge in [-0.15, -0.1) is 11.3 Å². The highest BCUT2D eigenvalue weighted by atomic mass is 32.1. The summed E-state index contributed by atoms with van der Waals surface area (Å²) >= 11 is 1.75. The van der Waals surface area contributed by atoms with Gasteiger partial charge in [-0.1, -0.05) is 37.3 Å². The number of aryl methyl sites for hydroxylation is 1. The van der Waals surface area contributed by atoms with Gasteiger partial charge in [0.25, 0.3) is 0 Å². The van der Waals surface area contributed by atoms with E-state index >= 15 is 0 Å². The van der Waals surface area contributed by atoms with Gasteiger partial charge in [-0.05, 0) is 25.3 Å². The van der Waals surface area contributed by atoms with Crippen LogP contribution in [0.15, 0.2) is 35.7 Å². The van der Waals surface area contributed by atoms with Gasteiger partial charge < -0.3 is 5.32 Å². The zero-order valence-electron chi connectivity index (χ0n) is 11.0. The summed E-state index contributed by atoms with van der Waals surface area (Å²) in [5.41, 5.74) is 2.54. The predicted octanol–water partition coefficient (Wildman–Crippen LogP) is 3.43. The Kier molecular flexibility index (Phi) is 4.90. The average Bonchev–Trinajstić information content (AvgIpc) is 2.85. The van der Waals surface area contributed by atoms with Gasteiger partial charge in [-0.3, -0.25) is 0 Å². The van der Waals surface area contributed by atoms with E-state index in [0.717, 1.165) is 25.1 Å². The highest BCUT2D eigenvalue weighted by Crippen LogP contribution is 2.10. The van der Waals surface area contributed by atoms with Gasteiger partial charge in [-0.2, -0.15) is 0 Å². The highest BCUT2D eigenvalue weighted by molar-refractivity contribution is 7.09. The van der Waals surface area contributed by atoms with E-state index in [-0.39, 0.29) is 0 Å². The molecule has 1 aromatic carbocycles. The zero-order valence-corrected chi connectivity index (χ0v) is 11.8. The second kappa shape index (κ2) is 6.66. The van der Waals surface area contributed by atoms with Crippen LogP contribution < -0.4 is 5.32 Å². The van der Waals surface area contributed by atoms with E-state index in [1.807, 2.05) is 0 Å². The molecular formula is C15H20N2S. The first-order valence-corrected chi connectivity index (χ1v) is 7.36. The maximum Gasteiger partial charge on any atom is 0.0926 e. The molecule has 3 heteroatoms. The van der Waals surface area contributed by atoms with Crippen LogP contribution in [0.1, 0.15) is 30.1 Å². The second-order valence-corrected chi connectivity index (χ2v) is 5.50. The molecule has 0 aliphatic heterocycles. The van der Waals surface area contributed by atoms with E-state index < -0.39 is 0 Å². The van der Waals surface area contributed by atoms with Gasteiger partial charge in [0.05, 0.1) is 10.7 Å². The maximum absolute atomic E-state index is 4.56. The first kappa shape index (κ1) is 13.2. The van der Waals surface area contributed by atoms with Crippen molar-refractivity contribution in [3.05, 3.63) is 52.0 Å². The van der Waals surface area contributed by atoms with Crippen molar-refractivity contribution in [2.75, 3.05) is 0 Å². The van der Waals surface area contributed by atoms with Gasteiger partial charge in [0, 0.05) is 18.0 Å². The lowest BCUT2D eigenvalue weighted by atomic mass is 10.1. The summed E-state index contributed by atoms with van der Waals surface area (Å²) in [5, 5.41) is 6.91. The Morgan fingerprint density at radius 1 is 1.28 bits per heavy atom. The first-order chi connectivity index (χ1) is 8.78. The van der Waals surface area contributed by atoms with Gasteiger partial charge in [0.1, 0.15) is 0 Å². The molecular weight excluding hydrogens is 240 g/mol. The van der Waals surface area contributed by atoms with Crippen molar-refractivity contribution in [1.82, 2.24) is 10.3 Å². The molecule has 1 unspecified atom stereocenters. The highest BCUT2D eigenvalue weighted by Gasteiger charge is 2.05. The molecule has 2 nitrogen and oxygen atoms in total. The Morgan fingerprint density at radius 3 is 2.72 bits per heavy atom. The van der Waals surface area contributed by atoms with Crippen LogP contribution in [0.25, 0.3) is 0 Å². The third kappa shape index (κ3) is 3.93. The minimum absolute atomic E-state index is 0.471. The van der Waals surface area contributed by atoms with Crippen molar-refractivity contribution < 1.29 is 0 Å². The van der Waals surface area contributed by atoms with Gasteiger partial charge in [0.2, 0.25) is 0 Å². The van der Waals surface area contributed by atoms with E-state index in [1.54, 1.807) is 11.3 Å². The number of rotatable bonds is 6. The molecule has 0 saturated heterocycles. The molecule has 1 aromatic heterocycles. The smallest absolute Gasteiger partial charge is 0.0926 e. The third-order valence-electron chi connectivity index (χ3n) is 2.92. The zero-order chi connectivity index (χ0) is 12.8. The van der Waals surface area contributed by atoms with Gasteiger partial charge in [0.15, 0.2) is 0 Å². The van der Waals surface area contributed by atoms with Crippen molar-refractivity contribution in [3.63, 3.8) is 0 Å². The summed E-state index contributed by atoms with van der Waals surface area (Å²) in [7, 11) is 0. The lowest BCUT2D eigenvalue weighted by molar-refractivity contribution is 0.540. The van der Waals surface area contributed by atoms with Crippen LogP contribution in [0.2, 0.25) is 0 Å². The van der Waals surface area contributed by atoms with Crippen molar-refractivity contribution in [3.8, 4) is 0 Å². The van der Waals surface area contributed by atoms with E-state index in [4.69, 9.17) is 0 Å². The first-order valence-electron chi connectivity index (χ1n) is 6.48. The standard InChI is InChI=1S/C15H20N2S/c1-3-15-17-14(11-18-15)10-16-12(2)9-13-7-5-4-6-8-13/h4-8,11-12,16H,3,9-10H2,1-2H3. The molecule has 0 amide bonds. The Bertz CT molecular complexity index is 464. The predicted molar refractivity (Wildman–Crippen MR) is 77.9 cm³/mol. The van der Waals surface area contributed by atoms with Crippen molar-refractivity contribution in [2.24, 2.45) is 0 Å². The Labute approximate surface area is 113 Å². The summed E-state index contributed by atoms with van der Waals surface area (Å²) in [4.78, 5) is 4.56. The summed E-state index contributed by atoms with van der Waals surface area (Å²) in [6, 6.07) is 11.1. The molecule has 0 saturated carbocycles. The van der Waals surface area contributed by atoms with Crippen LogP contribution in [-0.4, -0.2) is 11.0 Å². The Morgan fingerprint density at radius 2 is 2.06 bits per heavy atom. The van der Waals surface area contributed by atoms with Crippen molar-refractivity contribution >= 4 is 11.3 Å². The van der Waals surface area contributed by atoms with Crippen molar-refractivity contribution in [2.45, 2.75) is 39.3 Å². The number of nitrogens with zero attached hydrogens (tertiary/aromatic N) is 1. The number of aromatic nitrogens is 1. The minimum Gasteiger partial charge on any atom is -0.308 e. The Hall–Kier alpha value is -1.19. The normalized spacial score (nSPS) is 12.6. The van der Waals surface area contributed by atoms with Crippen LogP contribution in [0.5, 0.6) is 0 Å². The molecule has 0 spiro atoms. The van der Waals surface area contributed by atoms with E-state index in [2.05, 4.69) is 59.9 Å². The van der Waals surface area contributed by atoms with E-state index in [0.29, 0.717) is 6.04 Å². The van der Waals surface area contributed by atoms with E-state index in [1.165, 1.54) is 10.6 Å². The number of hydrogen-bond donors (Lipinski definition) is 1. The monoisotopic (exact) mass is 260 g/mol. The number of hydrogen-bond acceptors (Lipinski definition) is 3. The van der Waals surface area contributed by atoms with Gasteiger partial charge >= 0.3 is 0 Å². The lowest BCUT2D eigenvalue weighted by Crippen LogP contribution is -2.27. The van der Waals surface area contributed by atoms with Crippen LogP contribution in [-0.2, 0) is 19.4 Å². The second-order valence-electron chi connectivity index (χ2n) is 4.56. The molecule has 0 fully saturated rings. The molecule has 0 radical (unpaired) electrons. The molecule has 2 aromatic rings. The fourth-order valence-corrected chi connectivity index (χ4v) is 2.66. The van der Waals surface area contributed by atoms with Crippen LogP contribution in [0.3, 0.4) is 0 Å². The third-order valence-corrected chi connectivity index (χ3v) is 3.96. The SMILES string of the molecule is CCc1nc(CNC(C)Cc2ccccc2)cs1. The Balaban J connectivity index is 1.79. The number of thiazole rings is 1. The maximum atomic E-state index is 4.56. The molecule has 96 valence electrons. The molecule has 1 N–H and O–H groups in total. The lowest BCUT2D eigenvalue weighted by Gasteiger charge is -2.12. The molecule has 0 aliphatic carbocycles. The minimum atomic E-state index is 0.471. The molecule has 1 atom stereocenters. The number of benzene rings is 1. The molecule has 2 rings (SSSR count). The molecule has 0 aliphatic rings. The summed E-state index contributed by atoms with van der Waals surface area (Å²) in [6.07, 6.45) is 2.09. The molecule has 0 bridgehead atoms. The van der Waals surface area contributed by atoms with Crippen LogP contribution >= 0.6 is 11.3 Å². The summed E-state index contributed by atoms with van der Waals surface area (Å²) < 4.78 is 0. The van der Waals surface area contributed by atoms with E-state index in [9.17, 15) is 0 Å². The topological polar surface area (TPSA) is 24.9 Å². The van der Waals surface area contributed by atoms with Crippen molar-refractivity contribution in [1.29, 1.82) is 0 Å². The molecule has 18 heavy (non-hydrogen) atoms. The largest absolute Gasteiger partial charge is 0.308 e. The van der Waals surface area contributed by atoms with Crippen LogP contribution in [0.4, 0.5) is 0 Å². The molecule has 1 heterocycles. The average molecular weight is 260 g/mol. The van der Waals surface area contributed by atoms with Crippen LogP contribution in [0, 0.1) is 0 Å². The summed E-state index contributed by atoms with van der Waals surface area (Å²) in [6.45, 7) is 5.23.